The van der Waals surface area contributed by atoms with E-state index in [4.69, 9.17) is 0 Å². The zero-order chi connectivity index (χ0) is 24.5. The van der Waals surface area contributed by atoms with Gasteiger partial charge in [0.05, 0.1) is 0 Å². The molecule has 0 aromatic heterocycles. The Bertz CT molecular complexity index is 1790. The first-order valence-corrected chi connectivity index (χ1v) is 12.8. The highest BCUT2D eigenvalue weighted by Crippen LogP contribution is 2.46. The van der Waals surface area contributed by atoms with Crippen molar-refractivity contribution in [2.45, 2.75) is 13.8 Å². The number of fused-ring (bicyclic) bond motifs is 5. The maximum atomic E-state index is 2.38. The van der Waals surface area contributed by atoms with Crippen LogP contribution in [-0.2, 0) is 0 Å². The molecule has 0 spiro atoms. The molecule has 36 heavy (non-hydrogen) atoms. The minimum atomic E-state index is 1.25. The third kappa shape index (κ3) is 3.46. The molecule has 172 valence electrons. The molecular weight excluding hydrogens is 432 g/mol. The Hall–Kier alpha value is -4.42. The van der Waals surface area contributed by atoms with Gasteiger partial charge >= 0.3 is 0 Å². The highest BCUT2D eigenvalue weighted by atomic mass is 14.2. The zero-order valence-electron chi connectivity index (χ0n) is 20.7. The summed E-state index contributed by atoms with van der Waals surface area (Å²) in [7, 11) is 0. The Kier molecular flexibility index (Phi) is 5.71. The van der Waals surface area contributed by atoms with E-state index in [9.17, 15) is 0 Å². The molecule has 0 radical (unpaired) electrons. The molecule has 0 amide bonds. The van der Waals surface area contributed by atoms with Gasteiger partial charge in [-0.25, -0.2) is 0 Å². The van der Waals surface area contributed by atoms with Gasteiger partial charge in [0.15, 0.2) is 0 Å². The Morgan fingerprint density at radius 1 is 0.333 bits per heavy atom. The molecule has 7 aromatic rings. The molecule has 0 fully saturated rings. The third-order valence-corrected chi connectivity index (χ3v) is 7.03. The molecule has 0 atom stereocenters. The van der Waals surface area contributed by atoms with Crippen LogP contribution >= 0.6 is 0 Å². The first kappa shape index (κ1) is 22.1. The van der Waals surface area contributed by atoms with Crippen LogP contribution in [-0.4, -0.2) is 0 Å². The van der Waals surface area contributed by atoms with E-state index in [1.807, 2.05) is 13.8 Å². The lowest BCUT2D eigenvalue weighted by atomic mass is 9.84. The molecule has 0 N–H and O–H groups in total. The van der Waals surface area contributed by atoms with Gasteiger partial charge in [0.1, 0.15) is 0 Å². The molecule has 7 aromatic carbocycles. The molecule has 0 nitrogen and oxygen atoms in total. The van der Waals surface area contributed by atoms with Crippen molar-refractivity contribution in [2.24, 2.45) is 0 Å². The van der Waals surface area contributed by atoms with Gasteiger partial charge in [0.2, 0.25) is 0 Å². The molecular formula is C36H28. The highest BCUT2D eigenvalue weighted by Gasteiger charge is 2.18. The van der Waals surface area contributed by atoms with Crippen molar-refractivity contribution in [1.29, 1.82) is 0 Å². The van der Waals surface area contributed by atoms with Crippen LogP contribution in [0.25, 0.3) is 65.3 Å². The lowest BCUT2D eigenvalue weighted by Crippen LogP contribution is -1.92. The average molecular weight is 461 g/mol. The summed E-state index contributed by atoms with van der Waals surface area (Å²) in [4.78, 5) is 0. The van der Waals surface area contributed by atoms with Crippen LogP contribution in [0.2, 0.25) is 0 Å². The van der Waals surface area contributed by atoms with E-state index in [1.54, 1.807) is 0 Å². The van der Waals surface area contributed by atoms with Crippen LogP contribution < -0.4 is 0 Å². The summed E-state index contributed by atoms with van der Waals surface area (Å²) in [5.41, 5.74) is 5.17. The van der Waals surface area contributed by atoms with E-state index >= 15 is 0 Å². The van der Waals surface area contributed by atoms with Gasteiger partial charge in [-0.15, -0.1) is 0 Å². The van der Waals surface area contributed by atoms with E-state index in [2.05, 4.69) is 133 Å². The molecule has 0 saturated heterocycles. The molecule has 0 unspecified atom stereocenters. The first-order valence-electron chi connectivity index (χ1n) is 12.8. The maximum absolute atomic E-state index is 2.38. The topological polar surface area (TPSA) is 0 Å². The summed E-state index contributed by atoms with van der Waals surface area (Å²) in [5, 5.41) is 10.3. The second-order valence-corrected chi connectivity index (χ2v) is 8.90. The van der Waals surface area contributed by atoms with E-state index in [0.717, 1.165) is 0 Å². The van der Waals surface area contributed by atoms with Gasteiger partial charge < -0.3 is 0 Å². The van der Waals surface area contributed by atoms with Crippen LogP contribution in [0.3, 0.4) is 0 Å². The largest absolute Gasteiger partial charge is 0.0683 e. The van der Waals surface area contributed by atoms with Gasteiger partial charge in [0.25, 0.3) is 0 Å². The highest BCUT2D eigenvalue weighted by molar-refractivity contribution is 6.25. The Balaban J connectivity index is 0.00000117. The molecule has 0 heteroatoms. The summed E-state index contributed by atoms with van der Waals surface area (Å²) >= 11 is 0. The smallest absolute Gasteiger partial charge is 0.00199 e. The Morgan fingerprint density at radius 2 is 0.750 bits per heavy atom. The Morgan fingerprint density at radius 3 is 1.33 bits per heavy atom. The van der Waals surface area contributed by atoms with Crippen LogP contribution in [0.5, 0.6) is 0 Å². The second-order valence-electron chi connectivity index (χ2n) is 8.90. The van der Waals surface area contributed by atoms with E-state index in [-0.39, 0.29) is 0 Å². The fraction of sp³-hybridized carbons (Fsp3) is 0.0556. The molecule has 0 saturated carbocycles. The standard InChI is InChI=1S/C34H22.C2H6/c1-2-12-23(13-3-1)33-28-18-8-10-20-30(28)34(31-21-11-9-19-29(31)33)32-22-24-14-4-5-15-25(24)26-16-6-7-17-27(26)32;1-2/h1-22H;1-2H3. The minimum Gasteiger partial charge on any atom is -0.0683 e. The van der Waals surface area contributed by atoms with Crippen molar-refractivity contribution in [3.63, 3.8) is 0 Å². The van der Waals surface area contributed by atoms with Gasteiger partial charge in [-0.2, -0.15) is 0 Å². The molecule has 7 rings (SSSR count). The summed E-state index contributed by atoms with van der Waals surface area (Å²) in [5.74, 6) is 0. The summed E-state index contributed by atoms with van der Waals surface area (Å²) < 4.78 is 0. The predicted molar refractivity (Wildman–Crippen MR) is 159 cm³/mol. The van der Waals surface area contributed by atoms with Gasteiger partial charge in [-0.3, -0.25) is 0 Å². The lowest BCUT2D eigenvalue weighted by Gasteiger charge is -2.19. The van der Waals surface area contributed by atoms with Crippen LogP contribution in [0.15, 0.2) is 133 Å². The van der Waals surface area contributed by atoms with Crippen LogP contribution in [0.1, 0.15) is 13.8 Å². The van der Waals surface area contributed by atoms with Gasteiger partial charge in [-0.1, -0.05) is 141 Å². The van der Waals surface area contributed by atoms with Crippen molar-refractivity contribution < 1.29 is 0 Å². The fourth-order valence-corrected chi connectivity index (χ4v) is 5.60. The number of rotatable bonds is 2. The van der Waals surface area contributed by atoms with Crippen molar-refractivity contribution in [3.05, 3.63) is 133 Å². The third-order valence-electron chi connectivity index (χ3n) is 7.03. The van der Waals surface area contributed by atoms with Crippen molar-refractivity contribution in [2.75, 3.05) is 0 Å². The maximum Gasteiger partial charge on any atom is -0.00199 e. The predicted octanol–water partition coefficient (Wildman–Crippen LogP) is 10.7. The zero-order valence-corrected chi connectivity index (χ0v) is 20.7. The van der Waals surface area contributed by atoms with Gasteiger partial charge in [-0.05, 0) is 71.4 Å². The molecule has 0 aliphatic carbocycles. The molecule has 0 aliphatic rings. The number of hydrogen-bond donors (Lipinski definition) is 0. The fourth-order valence-electron chi connectivity index (χ4n) is 5.60. The first-order chi connectivity index (χ1) is 17.9. The normalized spacial score (nSPS) is 11.1. The van der Waals surface area contributed by atoms with E-state index < -0.39 is 0 Å². The number of hydrogen-bond acceptors (Lipinski definition) is 0. The quantitative estimate of drug-likeness (QED) is 0.178. The summed E-state index contributed by atoms with van der Waals surface area (Å²) in [6, 6.07) is 48.5. The van der Waals surface area contributed by atoms with E-state index in [1.165, 1.54) is 65.3 Å². The summed E-state index contributed by atoms with van der Waals surface area (Å²) in [6.45, 7) is 4.00. The molecule has 0 heterocycles. The lowest BCUT2D eigenvalue weighted by molar-refractivity contribution is 1.50. The van der Waals surface area contributed by atoms with E-state index in [0.29, 0.717) is 0 Å². The minimum absolute atomic E-state index is 1.25. The SMILES string of the molecule is CC.c1ccc(-c2c3ccccc3c(-c3cc4ccccc4c4ccccc34)c3ccccc23)cc1. The average Bonchev–Trinajstić information content (AvgIpc) is 2.97. The second kappa shape index (κ2) is 9.32. The van der Waals surface area contributed by atoms with Gasteiger partial charge in [0, 0.05) is 0 Å². The van der Waals surface area contributed by atoms with Crippen molar-refractivity contribution in [3.8, 4) is 22.3 Å². The van der Waals surface area contributed by atoms with Crippen LogP contribution in [0.4, 0.5) is 0 Å². The van der Waals surface area contributed by atoms with Crippen molar-refractivity contribution >= 4 is 43.1 Å². The Labute approximate surface area is 212 Å². The van der Waals surface area contributed by atoms with Crippen LogP contribution in [0, 0.1) is 0 Å². The van der Waals surface area contributed by atoms with Crippen molar-refractivity contribution in [1.82, 2.24) is 0 Å². The summed E-state index contributed by atoms with van der Waals surface area (Å²) in [6.07, 6.45) is 0. The molecule has 0 bridgehead atoms. The number of benzene rings is 7. The molecule has 0 aliphatic heterocycles. The monoisotopic (exact) mass is 460 g/mol.